The first-order valence-electron chi connectivity index (χ1n) is 8.28. The van der Waals surface area contributed by atoms with Gasteiger partial charge in [-0.2, -0.15) is 0 Å². The summed E-state index contributed by atoms with van der Waals surface area (Å²) in [6, 6.07) is 15.2. The van der Waals surface area contributed by atoms with Gasteiger partial charge in [0.15, 0.2) is 6.29 Å². The molecule has 3 rings (SSSR count). The predicted molar refractivity (Wildman–Crippen MR) is 93.1 cm³/mol. The summed E-state index contributed by atoms with van der Waals surface area (Å²) in [5.41, 5.74) is 2.13. The third-order valence-corrected chi connectivity index (χ3v) is 4.43. The van der Waals surface area contributed by atoms with E-state index in [0.717, 1.165) is 11.1 Å². The molecule has 1 heterocycles. The maximum absolute atomic E-state index is 12.5. The van der Waals surface area contributed by atoms with Crippen LogP contribution in [0.1, 0.15) is 10.4 Å². The van der Waals surface area contributed by atoms with Crippen LogP contribution < -0.4 is 5.32 Å². The van der Waals surface area contributed by atoms with E-state index in [9.17, 15) is 20.1 Å². The van der Waals surface area contributed by atoms with Crippen molar-refractivity contribution in [3.05, 3.63) is 60.2 Å². The molecular weight excluding hydrogens is 338 g/mol. The fraction of sp³-hybridized carbons (Fsp3) is 0.316. The highest BCUT2D eigenvalue weighted by atomic mass is 16.6. The van der Waals surface area contributed by atoms with Gasteiger partial charge < -0.3 is 30.5 Å². The average Bonchev–Trinajstić information content (AvgIpc) is 2.68. The second-order valence-electron chi connectivity index (χ2n) is 6.17. The lowest BCUT2D eigenvalue weighted by Crippen LogP contribution is -2.64. The fourth-order valence-electron chi connectivity index (χ4n) is 2.96. The number of aliphatic hydroxyl groups is 4. The highest BCUT2D eigenvalue weighted by Crippen LogP contribution is 2.22. The second-order valence-corrected chi connectivity index (χ2v) is 6.17. The van der Waals surface area contributed by atoms with Crippen LogP contribution in [0.25, 0.3) is 11.1 Å². The maximum atomic E-state index is 12.5. The van der Waals surface area contributed by atoms with Gasteiger partial charge in [0, 0.05) is 5.56 Å². The summed E-state index contributed by atoms with van der Waals surface area (Å²) in [5.74, 6) is -0.524. The van der Waals surface area contributed by atoms with E-state index in [-0.39, 0.29) is 0 Å². The van der Waals surface area contributed by atoms with Crippen molar-refractivity contribution >= 4 is 5.91 Å². The zero-order valence-electron chi connectivity index (χ0n) is 13.9. The van der Waals surface area contributed by atoms with Gasteiger partial charge in [-0.3, -0.25) is 4.79 Å². The van der Waals surface area contributed by atoms with Gasteiger partial charge in [0.25, 0.3) is 5.91 Å². The lowest BCUT2D eigenvalue weighted by molar-refractivity contribution is -0.252. The summed E-state index contributed by atoms with van der Waals surface area (Å²) in [7, 11) is 0. The molecule has 5 N–H and O–H groups in total. The van der Waals surface area contributed by atoms with Gasteiger partial charge in [-0.1, -0.05) is 42.5 Å². The van der Waals surface area contributed by atoms with Crippen LogP contribution >= 0.6 is 0 Å². The molecule has 7 heteroatoms. The van der Waals surface area contributed by atoms with E-state index in [1.165, 1.54) is 0 Å². The molecule has 0 spiro atoms. The van der Waals surface area contributed by atoms with Crippen LogP contribution in [0.4, 0.5) is 0 Å². The van der Waals surface area contributed by atoms with E-state index >= 15 is 0 Å². The molecule has 2 aromatic rings. The van der Waals surface area contributed by atoms with Crippen molar-refractivity contribution in [2.24, 2.45) is 0 Å². The minimum atomic E-state index is -1.55. The van der Waals surface area contributed by atoms with Crippen LogP contribution in [0.2, 0.25) is 0 Å². The molecule has 5 atom stereocenters. The normalized spacial score (nSPS) is 28.5. The van der Waals surface area contributed by atoms with Gasteiger partial charge in [0.1, 0.15) is 24.4 Å². The summed E-state index contributed by atoms with van der Waals surface area (Å²) in [5, 5.41) is 41.6. The Bertz CT molecular complexity index is 753. The zero-order chi connectivity index (χ0) is 18.7. The van der Waals surface area contributed by atoms with E-state index in [4.69, 9.17) is 9.84 Å². The number of ether oxygens (including phenoxy) is 1. The first kappa shape index (κ1) is 18.5. The van der Waals surface area contributed by atoms with Crippen LogP contribution in [-0.4, -0.2) is 63.6 Å². The van der Waals surface area contributed by atoms with Gasteiger partial charge >= 0.3 is 0 Å². The quantitative estimate of drug-likeness (QED) is 0.519. The van der Waals surface area contributed by atoms with Crippen molar-refractivity contribution in [1.29, 1.82) is 0 Å². The molecule has 138 valence electrons. The lowest BCUT2D eigenvalue weighted by Gasteiger charge is -2.40. The monoisotopic (exact) mass is 359 g/mol. The van der Waals surface area contributed by atoms with Gasteiger partial charge in [0.05, 0.1) is 6.61 Å². The van der Waals surface area contributed by atoms with E-state index in [2.05, 4.69) is 5.32 Å². The Morgan fingerprint density at radius 3 is 2.35 bits per heavy atom. The Kier molecular flexibility index (Phi) is 5.65. The van der Waals surface area contributed by atoms with Crippen LogP contribution in [0.15, 0.2) is 54.6 Å². The average molecular weight is 359 g/mol. The largest absolute Gasteiger partial charge is 0.394 e. The van der Waals surface area contributed by atoms with Crippen LogP contribution in [0.3, 0.4) is 0 Å². The number of nitrogens with one attached hydrogen (secondary N) is 1. The minimum Gasteiger partial charge on any atom is -0.394 e. The molecule has 26 heavy (non-hydrogen) atoms. The molecule has 2 aromatic carbocycles. The Hall–Kier alpha value is -2.29. The standard InChI is InChI=1S/C19H21NO6/c21-10-14-16(22)17(23)15(19(25)26-14)20-18(24)13-8-4-7-12(9-13)11-5-2-1-3-6-11/h1-9,14-17,19,21-23,25H,10H2,(H,20,24)/t14-,15+,16-,17-,19+/m1/s1. The Morgan fingerprint density at radius 2 is 1.65 bits per heavy atom. The molecule has 0 saturated carbocycles. The first-order chi connectivity index (χ1) is 12.5. The van der Waals surface area contributed by atoms with Crippen molar-refractivity contribution in [1.82, 2.24) is 5.32 Å². The SMILES string of the molecule is O=C(N[C@H]1[C@@H](O)[C@H](O)[C@@H](CO)O[C@@H]1O)c1cccc(-c2ccccc2)c1. The summed E-state index contributed by atoms with van der Waals surface area (Å²) in [4.78, 5) is 12.5. The molecular formula is C19H21NO6. The Balaban J connectivity index is 1.76. The summed E-state index contributed by atoms with van der Waals surface area (Å²) in [6.45, 7) is -0.560. The van der Waals surface area contributed by atoms with Gasteiger partial charge in [-0.15, -0.1) is 0 Å². The van der Waals surface area contributed by atoms with Crippen molar-refractivity contribution in [3.63, 3.8) is 0 Å². The number of rotatable bonds is 4. The summed E-state index contributed by atoms with van der Waals surface area (Å²) < 4.78 is 5.04. The minimum absolute atomic E-state index is 0.338. The van der Waals surface area contributed by atoms with Crippen LogP contribution in [0.5, 0.6) is 0 Å². The molecule has 1 saturated heterocycles. The van der Waals surface area contributed by atoms with Crippen molar-refractivity contribution in [3.8, 4) is 11.1 Å². The highest BCUT2D eigenvalue weighted by molar-refractivity contribution is 5.95. The maximum Gasteiger partial charge on any atom is 0.251 e. The smallest absolute Gasteiger partial charge is 0.251 e. The molecule has 1 aliphatic rings. The molecule has 1 fully saturated rings. The van der Waals surface area contributed by atoms with E-state index in [1.807, 2.05) is 36.4 Å². The number of carbonyl (C=O) groups is 1. The first-order valence-corrected chi connectivity index (χ1v) is 8.28. The molecule has 0 aliphatic carbocycles. The van der Waals surface area contributed by atoms with E-state index in [0.29, 0.717) is 5.56 Å². The molecule has 1 amide bonds. The zero-order valence-corrected chi connectivity index (χ0v) is 13.9. The van der Waals surface area contributed by atoms with Crippen molar-refractivity contribution in [2.45, 2.75) is 30.6 Å². The molecule has 1 aliphatic heterocycles. The number of benzene rings is 2. The Labute approximate surface area is 150 Å². The highest BCUT2D eigenvalue weighted by Gasteiger charge is 2.44. The third-order valence-electron chi connectivity index (χ3n) is 4.43. The topological polar surface area (TPSA) is 119 Å². The van der Waals surface area contributed by atoms with Crippen molar-refractivity contribution in [2.75, 3.05) is 6.61 Å². The van der Waals surface area contributed by atoms with Gasteiger partial charge in [-0.25, -0.2) is 0 Å². The molecule has 0 bridgehead atoms. The van der Waals surface area contributed by atoms with Crippen LogP contribution in [0, 0.1) is 0 Å². The number of aliphatic hydroxyl groups excluding tert-OH is 4. The Morgan fingerprint density at radius 1 is 0.962 bits per heavy atom. The van der Waals surface area contributed by atoms with E-state index < -0.39 is 43.2 Å². The third kappa shape index (κ3) is 3.77. The van der Waals surface area contributed by atoms with Crippen LogP contribution in [-0.2, 0) is 4.74 Å². The lowest BCUT2D eigenvalue weighted by atomic mass is 9.96. The summed E-state index contributed by atoms with van der Waals surface area (Å²) in [6.07, 6.45) is -5.57. The van der Waals surface area contributed by atoms with E-state index in [1.54, 1.807) is 18.2 Å². The number of carbonyl (C=O) groups excluding carboxylic acids is 1. The van der Waals surface area contributed by atoms with Crippen molar-refractivity contribution < 1.29 is 30.0 Å². The molecule has 7 nitrogen and oxygen atoms in total. The number of amides is 1. The molecule has 0 aromatic heterocycles. The number of hydrogen-bond donors (Lipinski definition) is 5. The fourth-order valence-corrected chi connectivity index (χ4v) is 2.96. The van der Waals surface area contributed by atoms with Gasteiger partial charge in [0.2, 0.25) is 0 Å². The summed E-state index contributed by atoms with van der Waals surface area (Å²) >= 11 is 0. The second kappa shape index (κ2) is 7.94. The molecule has 0 unspecified atom stereocenters. The van der Waals surface area contributed by atoms with Gasteiger partial charge in [-0.05, 0) is 23.3 Å². The molecule has 0 radical (unpaired) electrons. The predicted octanol–water partition coefficient (Wildman–Crippen LogP) is -0.117. The number of hydrogen-bond acceptors (Lipinski definition) is 6.